The Labute approximate surface area is 124 Å². The normalized spacial score (nSPS) is 10.4. The van der Waals surface area contributed by atoms with Gasteiger partial charge in [0, 0.05) is 12.1 Å². The highest BCUT2D eigenvalue weighted by Gasteiger charge is 2.12. The summed E-state index contributed by atoms with van der Waals surface area (Å²) in [6.45, 7) is 0.0220. The maximum Gasteiger partial charge on any atom is 0.327 e. The minimum absolute atomic E-state index is 0.0732. The fourth-order valence-corrected chi connectivity index (χ4v) is 1.75. The van der Waals surface area contributed by atoms with Crippen molar-refractivity contribution in [3.05, 3.63) is 33.3 Å². The van der Waals surface area contributed by atoms with Crippen LogP contribution in [0, 0.1) is 0 Å². The number of nitrogens with one attached hydrogen (secondary N) is 2. The first-order chi connectivity index (χ1) is 10.0. The van der Waals surface area contributed by atoms with Gasteiger partial charge in [-0.15, -0.1) is 0 Å². The van der Waals surface area contributed by atoms with Crippen LogP contribution in [0.5, 0.6) is 0 Å². The van der Waals surface area contributed by atoms with E-state index in [1.54, 1.807) is 6.20 Å². The van der Waals surface area contributed by atoms with Crippen LogP contribution in [0.25, 0.3) is 0 Å². The molecule has 0 aliphatic carbocycles. The smallest absolute Gasteiger partial charge is 0.327 e. The topological polar surface area (TPSA) is 128 Å². The van der Waals surface area contributed by atoms with Crippen LogP contribution >= 0.6 is 11.6 Å². The van der Waals surface area contributed by atoms with Crippen molar-refractivity contribution in [3.63, 3.8) is 0 Å². The van der Waals surface area contributed by atoms with E-state index < -0.39 is 11.5 Å². The molecule has 0 unspecified atom stereocenters. The Morgan fingerprint density at radius 2 is 2.33 bits per heavy atom. The number of aromatic nitrogens is 4. The largest absolute Gasteiger partial charge is 0.468 e. The van der Waals surface area contributed by atoms with Gasteiger partial charge in [0.05, 0.1) is 25.2 Å². The Balaban J connectivity index is 2.15. The first-order valence-electron chi connectivity index (χ1n) is 5.87. The summed E-state index contributed by atoms with van der Waals surface area (Å²) < 4.78 is 5.39. The second-order valence-electron chi connectivity index (χ2n) is 4.07. The number of nitrogens with two attached hydrogens (primary N) is 1. The van der Waals surface area contributed by atoms with Gasteiger partial charge >= 0.3 is 5.97 Å². The predicted octanol–water partition coefficient (Wildman–Crippen LogP) is -0.0129. The van der Waals surface area contributed by atoms with Gasteiger partial charge in [-0.2, -0.15) is 10.2 Å². The number of anilines is 2. The number of methoxy groups -OCH3 is 1. The van der Waals surface area contributed by atoms with Crippen molar-refractivity contribution in [1.82, 2.24) is 20.0 Å². The molecule has 2 heterocycles. The third kappa shape index (κ3) is 3.31. The Morgan fingerprint density at radius 3 is 2.95 bits per heavy atom. The summed E-state index contributed by atoms with van der Waals surface area (Å²) in [6.07, 6.45) is 2.91. The molecule has 0 aliphatic rings. The van der Waals surface area contributed by atoms with E-state index in [2.05, 4.69) is 25.3 Å². The van der Waals surface area contributed by atoms with Gasteiger partial charge in [-0.25, -0.2) is 4.68 Å². The highest BCUT2D eigenvalue weighted by molar-refractivity contribution is 6.32. The lowest BCUT2D eigenvalue weighted by Crippen LogP contribution is -2.28. The Bertz CT molecular complexity index is 710. The molecule has 0 aromatic carbocycles. The molecule has 21 heavy (non-hydrogen) atoms. The summed E-state index contributed by atoms with van der Waals surface area (Å²) >= 11 is 5.96. The third-order valence-corrected chi connectivity index (χ3v) is 3.08. The van der Waals surface area contributed by atoms with Crippen LogP contribution in [-0.2, 0) is 22.6 Å². The van der Waals surface area contributed by atoms with Crippen LogP contribution < -0.4 is 16.6 Å². The maximum absolute atomic E-state index is 11.9. The molecule has 0 amide bonds. The van der Waals surface area contributed by atoms with Crippen LogP contribution in [0.2, 0.25) is 5.02 Å². The van der Waals surface area contributed by atoms with Gasteiger partial charge in [0.15, 0.2) is 0 Å². The molecule has 0 fully saturated rings. The molecular weight excluding hydrogens is 300 g/mol. The number of esters is 1. The molecule has 0 aliphatic heterocycles. The second kappa shape index (κ2) is 6.27. The number of carbonyl (C=O) groups is 1. The van der Waals surface area contributed by atoms with Gasteiger partial charge in [-0.3, -0.25) is 14.7 Å². The number of carbonyl (C=O) groups excluding carboxylic acids is 1. The minimum Gasteiger partial charge on any atom is -0.468 e. The molecule has 0 bridgehead atoms. The van der Waals surface area contributed by atoms with E-state index in [0.717, 1.165) is 10.2 Å². The van der Waals surface area contributed by atoms with Crippen molar-refractivity contribution in [3.8, 4) is 0 Å². The summed E-state index contributed by atoms with van der Waals surface area (Å²) in [4.78, 5) is 23.1. The van der Waals surface area contributed by atoms with Gasteiger partial charge in [0.1, 0.15) is 17.4 Å². The number of hydrogen-bond acceptors (Lipinski definition) is 7. The zero-order chi connectivity index (χ0) is 15.4. The van der Waals surface area contributed by atoms with E-state index in [1.807, 2.05) is 0 Å². The van der Waals surface area contributed by atoms with Crippen molar-refractivity contribution in [2.75, 3.05) is 18.2 Å². The number of halogens is 1. The van der Waals surface area contributed by atoms with Gasteiger partial charge in [-0.05, 0) is 0 Å². The lowest BCUT2D eigenvalue weighted by atomic mass is 10.3. The summed E-state index contributed by atoms with van der Waals surface area (Å²) in [5, 5.41) is 13.1. The molecule has 2 aromatic rings. The third-order valence-electron chi connectivity index (χ3n) is 2.71. The molecule has 0 saturated carbocycles. The van der Waals surface area contributed by atoms with Crippen molar-refractivity contribution >= 4 is 29.1 Å². The molecule has 2 rings (SSSR count). The molecule has 0 radical (unpaired) electrons. The van der Waals surface area contributed by atoms with E-state index in [4.69, 9.17) is 17.3 Å². The van der Waals surface area contributed by atoms with E-state index >= 15 is 0 Å². The van der Waals surface area contributed by atoms with Crippen LogP contribution in [0.3, 0.4) is 0 Å². The van der Waals surface area contributed by atoms with Crippen LogP contribution in [0.4, 0.5) is 11.5 Å². The number of nitrogens with zero attached hydrogens (tertiary/aromatic N) is 3. The summed E-state index contributed by atoms with van der Waals surface area (Å²) in [6, 6.07) is 0. The van der Waals surface area contributed by atoms with Crippen LogP contribution in [0.15, 0.2) is 17.2 Å². The Hall–Kier alpha value is -2.55. The van der Waals surface area contributed by atoms with E-state index in [0.29, 0.717) is 18.1 Å². The number of H-pyrrole nitrogens is 1. The van der Waals surface area contributed by atoms with E-state index in [1.165, 1.54) is 13.3 Å². The van der Waals surface area contributed by atoms with E-state index in [9.17, 15) is 9.59 Å². The number of hydrogen-bond donors (Lipinski definition) is 3. The number of nitrogen functional groups attached to an aromatic ring is 1. The molecule has 4 N–H and O–H groups in total. The summed E-state index contributed by atoms with van der Waals surface area (Å²) in [5.41, 5.74) is 6.12. The van der Waals surface area contributed by atoms with Gasteiger partial charge < -0.3 is 15.8 Å². The SMILES string of the molecule is COC(=O)Cn1ncc(NCc2cn[nH]c2N)c(Cl)c1=O. The maximum atomic E-state index is 11.9. The number of aromatic amines is 1. The van der Waals surface area contributed by atoms with Gasteiger partial charge in [0.2, 0.25) is 0 Å². The molecule has 112 valence electrons. The Kier molecular flexibility index (Phi) is 4.43. The summed E-state index contributed by atoms with van der Waals surface area (Å²) in [7, 11) is 1.22. The van der Waals surface area contributed by atoms with Crippen molar-refractivity contribution in [2.45, 2.75) is 13.1 Å². The fourth-order valence-electron chi connectivity index (χ4n) is 1.54. The molecule has 10 heteroatoms. The van der Waals surface area contributed by atoms with Crippen LogP contribution in [0.1, 0.15) is 5.56 Å². The quantitative estimate of drug-likeness (QED) is 0.662. The predicted molar refractivity (Wildman–Crippen MR) is 75.8 cm³/mol. The van der Waals surface area contributed by atoms with Crippen molar-refractivity contribution in [2.24, 2.45) is 0 Å². The zero-order valence-electron chi connectivity index (χ0n) is 11.1. The lowest BCUT2D eigenvalue weighted by molar-refractivity contribution is -0.141. The zero-order valence-corrected chi connectivity index (χ0v) is 11.8. The molecule has 0 saturated heterocycles. The highest BCUT2D eigenvalue weighted by atomic mass is 35.5. The standard InChI is InChI=1S/C11H13ClN6O3/c1-21-8(19)5-18-11(20)9(12)7(4-16-18)14-2-6-3-15-17-10(6)13/h3-4,14H,2,5H2,1H3,(H3,13,15,17). The first kappa shape index (κ1) is 14.9. The highest BCUT2D eigenvalue weighted by Crippen LogP contribution is 2.17. The van der Waals surface area contributed by atoms with Gasteiger partial charge in [-0.1, -0.05) is 11.6 Å². The molecule has 0 atom stereocenters. The number of ether oxygens (including phenoxy) is 1. The average molecular weight is 313 g/mol. The molecule has 2 aromatic heterocycles. The molecule has 9 nitrogen and oxygen atoms in total. The second-order valence-corrected chi connectivity index (χ2v) is 4.45. The number of rotatable bonds is 5. The molecule has 0 spiro atoms. The van der Waals surface area contributed by atoms with Crippen LogP contribution in [-0.4, -0.2) is 33.1 Å². The first-order valence-corrected chi connectivity index (χ1v) is 6.24. The monoisotopic (exact) mass is 312 g/mol. The van der Waals surface area contributed by atoms with Crippen molar-refractivity contribution in [1.29, 1.82) is 0 Å². The average Bonchev–Trinajstić information content (AvgIpc) is 2.88. The van der Waals surface area contributed by atoms with E-state index in [-0.39, 0.29) is 11.6 Å². The van der Waals surface area contributed by atoms with Crippen molar-refractivity contribution < 1.29 is 9.53 Å². The van der Waals surface area contributed by atoms with Gasteiger partial charge in [0.25, 0.3) is 5.56 Å². The Morgan fingerprint density at radius 1 is 1.57 bits per heavy atom. The lowest BCUT2D eigenvalue weighted by Gasteiger charge is -2.09. The fraction of sp³-hybridized carbons (Fsp3) is 0.273. The minimum atomic E-state index is -0.591. The summed E-state index contributed by atoms with van der Waals surface area (Å²) in [5.74, 6) is -0.168. The molecular formula is C11H13ClN6O3.